The first-order valence-corrected chi connectivity index (χ1v) is 13.2. The Morgan fingerprint density at radius 3 is 2.08 bits per heavy atom. The van der Waals surface area contributed by atoms with Gasteiger partial charge in [0.05, 0.1) is 21.8 Å². The molecule has 0 fully saturated rings. The lowest BCUT2D eigenvalue weighted by molar-refractivity contribution is 0.626. The summed E-state index contributed by atoms with van der Waals surface area (Å²) in [7, 11) is -2.85. The number of hydrogen-bond donors (Lipinski definition) is 1. The molecule has 4 heteroatoms. The van der Waals surface area contributed by atoms with Gasteiger partial charge in [-0.3, -0.25) is 0 Å². The van der Waals surface area contributed by atoms with Crippen LogP contribution in [0, 0.1) is 0 Å². The Bertz CT molecular complexity index is 788. The minimum atomic E-state index is -1.69. The average Bonchev–Trinajstić information content (AvgIpc) is 2.61. The van der Waals surface area contributed by atoms with E-state index in [0.29, 0.717) is 0 Å². The summed E-state index contributed by atoms with van der Waals surface area (Å²) in [6.45, 7) is 10.5. The standard InChI is InChI=1S/C22H29NOSSi/c1-22(2,3)25(24)23-21(19-13-8-6-9-14-19)17-12-18-26(4,5)20-15-10-7-11-16-20/h6-11,13-18,21,23H,1-5H3/t12?,21-,25?/m1/s1. The SMILES string of the molecule is CC(C)(C)S(=O)N[C@H](C=C=C[Si](C)(C)c1ccccc1)c1ccccc1. The Labute approximate surface area is 161 Å². The molecule has 2 aromatic carbocycles. The lowest BCUT2D eigenvalue weighted by atomic mass is 10.1. The highest BCUT2D eigenvalue weighted by atomic mass is 32.2. The molecule has 0 saturated carbocycles. The van der Waals surface area contributed by atoms with Gasteiger partial charge in [-0.05, 0) is 38.1 Å². The zero-order valence-corrected chi connectivity index (χ0v) is 18.1. The predicted molar refractivity (Wildman–Crippen MR) is 116 cm³/mol. The highest BCUT2D eigenvalue weighted by molar-refractivity contribution is 7.84. The molecule has 0 aliphatic carbocycles. The van der Waals surface area contributed by atoms with E-state index < -0.39 is 19.1 Å². The van der Waals surface area contributed by atoms with Gasteiger partial charge in [0.1, 0.15) is 8.07 Å². The van der Waals surface area contributed by atoms with Crippen molar-refractivity contribution in [2.75, 3.05) is 0 Å². The van der Waals surface area contributed by atoms with Gasteiger partial charge in [0.15, 0.2) is 0 Å². The fourth-order valence-electron chi connectivity index (χ4n) is 2.45. The summed E-state index contributed by atoms with van der Waals surface area (Å²) in [5.74, 6) is 0. The van der Waals surface area contributed by atoms with Crippen LogP contribution in [0.25, 0.3) is 0 Å². The van der Waals surface area contributed by atoms with Crippen molar-refractivity contribution in [1.29, 1.82) is 0 Å². The van der Waals surface area contributed by atoms with Crippen LogP contribution in [0.4, 0.5) is 0 Å². The third kappa shape index (κ3) is 5.92. The molecule has 2 nitrogen and oxygen atoms in total. The third-order valence-electron chi connectivity index (χ3n) is 4.17. The molecule has 0 bridgehead atoms. The van der Waals surface area contributed by atoms with Crippen molar-refractivity contribution in [2.24, 2.45) is 0 Å². The van der Waals surface area contributed by atoms with Crippen LogP contribution in [0.15, 0.2) is 78.2 Å². The normalized spacial score (nSPS) is 14.2. The van der Waals surface area contributed by atoms with Gasteiger partial charge in [-0.15, -0.1) is 5.73 Å². The van der Waals surface area contributed by atoms with E-state index >= 15 is 0 Å². The molecule has 138 valence electrons. The van der Waals surface area contributed by atoms with Gasteiger partial charge in [-0.25, -0.2) is 8.93 Å². The zero-order valence-electron chi connectivity index (χ0n) is 16.3. The topological polar surface area (TPSA) is 29.1 Å². The lowest BCUT2D eigenvalue weighted by Crippen LogP contribution is -2.39. The number of hydrogen-bond acceptors (Lipinski definition) is 1. The van der Waals surface area contributed by atoms with E-state index in [1.165, 1.54) is 5.19 Å². The number of rotatable bonds is 6. The molecular formula is C22H29NOSSi. The van der Waals surface area contributed by atoms with Crippen LogP contribution in [0.1, 0.15) is 32.4 Å². The van der Waals surface area contributed by atoms with E-state index in [2.05, 4.69) is 65.6 Å². The molecule has 0 spiro atoms. The minimum absolute atomic E-state index is 0.131. The fraction of sp³-hybridized carbons (Fsp3) is 0.318. The summed E-state index contributed by atoms with van der Waals surface area (Å²) >= 11 is 0. The smallest absolute Gasteiger partial charge is 0.112 e. The van der Waals surface area contributed by atoms with Crippen molar-refractivity contribution in [2.45, 2.75) is 44.7 Å². The van der Waals surface area contributed by atoms with Crippen molar-refractivity contribution < 1.29 is 4.21 Å². The van der Waals surface area contributed by atoms with Gasteiger partial charge >= 0.3 is 0 Å². The molecule has 1 unspecified atom stereocenters. The van der Waals surface area contributed by atoms with E-state index in [1.54, 1.807) is 0 Å². The quantitative estimate of drug-likeness (QED) is 0.571. The first-order valence-electron chi connectivity index (χ1n) is 8.92. The van der Waals surface area contributed by atoms with Crippen LogP contribution in [0.2, 0.25) is 13.1 Å². The summed E-state index contributed by atoms with van der Waals surface area (Å²) in [5.41, 5.74) is 6.69. The minimum Gasteiger partial charge on any atom is -0.242 e. The molecule has 0 heterocycles. The van der Waals surface area contributed by atoms with Gasteiger partial charge in [0.2, 0.25) is 0 Å². The highest BCUT2D eigenvalue weighted by Gasteiger charge is 2.23. The van der Waals surface area contributed by atoms with E-state index in [9.17, 15) is 4.21 Å². The molecular weight excluding hydrogens is 354 g/mol. The van der Waals surface area contributed by atoms with E-state index in [4.69, 9.17) is 0 Å². The van der Waals surface area contributed by atoms with Crippen molar-refractivity contribution in [3.8, 4) is 0 Å². The summed E-state index contributed by atoms with van der Waals surface area (Å²) in [6, 6.07) is 20.6. The van der Waals surface area contributed by atoms with Crippen molar-refractivity contribution in [1.82, 2.24) is 4.72 Å². The Hall–Kier alpha value is -1.71. The van der Waals surface area contributed by atoms with Crippen molar-refractivity contribution >= 4 is 24.2 Å². The summed E-state index contributed by atoms with van der Waals surface area (Å²) in [6.07, 6.45) is 2.00. The number of benzene rings is 2. The van der Waals surface area contributed by atoms with Gasteiger partial charge in [0.25, 0.3) is 0 Å². The third-order valence-corrected chi connectivity index (χ3v) is 8.46. The highest BCUT2D eigenvalue weighted by Crippen LogP contribution is 2.18. The zero-order chi connectivity index (χ0) is 19.2. The molecule has 0 radical (unpaired) electrons. The van der Waals surface area contributed by atoms with Crippen molar-refractivity contribution in [3.05, 3.63) is 83.7 Å². The fourth-order valence-corrected chi connectivity index (χ4v) is 4.97. The summed E-state index contributed by atoms with van der Waals surface area (Å²) < 4.78 is 15.5. The Morgan fingerprint density at radius 1 is 1.00 bits per heavy atom. The largest absolute Gasteiger partial charge is 0.242 e. The molecule has 0 amide bonds. The van der Waals surface area contributed by atoms with Crippen LogP contribution in [0.3, 0.4) is 0 Å². The van der Waals surface area contributed by atoms with Crippen LogP contribution in [-0.4, -0.2) is 17.0 Å². The second-order valence-electron chi connectivity index (χ2n) is 7.95. The Balaban J connectivity index is 2.28. The number of nitrogens with one attached hydrogen (secondary N) is 1. The maximum absolute atomic E-state index is 12.6. The molecule has 1 N–H and O–H groups in total. The van der Waals surface area contributed by atoms with Gasteiger partial charge < -0.3 is 0 Å². The van der Waals surface area contributed by atoms with Gasteiger partial charge in [-0.2, -0.15) is 0 Å². The van der Waals surface area contributed by atoms with Gasteiger partial charge in [0, 0.05) is 0 Å². The van der Waals surface area contributed by atoms with E-state index in [1.807, 2.05) is 51.1 Å². The van der Waals surface area contributed by atoms with E-state index in [0.717, 1.165) is 5.56 Å². The molecule has 0 saturated heterocycles. The monoisotopic (exact) mass is 383 g/mol. The first-order chi connectivity index (χ1) is 12.2. The molecule has 0 aliphatic rings. The Morgan fingerprint density at radius 2 is 1.54 bits per heavy atom. The molecule has 2 rings (SSSR count). The summed E-state index contributed by atoms with van der Waals surface area (Å²) in [5, 5.41) is 1.38. The Kier molecular flexibility index (Phi) is 6.96. The second kappa shape index (κ2) is 8.78. The van der Waals surface area contributed by atoms with Crippen LogP contribution in [0.5, 0.6) is 0 Å². The average molecular weight is 384 g/mol. The van der Waals surface area contributed by atoms with Gasteiger partial charge in [-0.1, -0.05) is 78.9 Å². The second-order valence-corrected chi connectivity index (χ2v) is 14.3. The van der Waals surface area contributed by atoms with Crippen LogP contribution in [-0.2, 0) is 11.0 Å². The molecule has 0 aliphatic heterocycles. The van der Waals surface area contributed by atoms with Crippen LogP contribution >= 0.6 is 0 Å². The summed E-state index contributed by atoms with van der Waals surface area (Å²) in [4.78, 5) is 0. The molecule has 0 aromatic heterocycles. The predicted octanol–water partition coefficient (Wildman–Crippen LogP) is 4.65. The first kappa shape index (κ1) is 20.6. The molecule has 2 aromatic rings. The lowest BCUT2D eigenvalue weighted by Gasteiger charge is -2.22. The molecule has 26 heavy (non-hydrogen) atoms. The van der Waals surface area contributed by atoms with Crippen LogP contribution < -0.4 is 9.91 Å². The maximum atomic E-state index is 12.6. The van der Waals surface area contributed by atoms with E-state index in [-0.39, 0.29) is 10.8 Å². The van der Waals surface area contributed by atoms with Crippen molar-refractivity contribution in [3.63, 3.8) is 0 Å². The maximum Gasteiger partial charge on any atom is 0.112 e. The molecule has 2 atom stereocenters.